The molecule has 0 aromatic heterocycles. The fraction of sp³-hybridized carbons (Fsp3) is 0.235. The molecule has 5 heteroatoms. The Morgan fingerprint density at radius 3 is 2.59 bits per heavy atom. The third kappa shape index (κ3) is 3.75. The van der Waals surface area contributed by atoms with Crippen LogP contribution < -0.4 is 14.8 Å². The van der Waals surface area contributed by atoms with Crippen molar-refractivity contribution in [2.45, 2.75) is 6.42 Å². The highest BCUT2D eigenvalue weighted by Gasteiger charge is 2.12. The number of hydrogen-bond donors (Lipinski definition) is 1. The Balaban J connectivity index is 1.96. The van der Waals surface area contributed by atoms with Crippen molar-refractivity contribution in [3.63, 3.8) is 0 Å². The van der Waals surface area contributed by atoms with Crippen molar-refractivity contribution in [2.75, 3.05) is 20.8 Å². The van der Waals surface area contributed by atoms with Crippen molar-refractivity contribution < 1.29 is 18.7 Å². The maximum Gasteiger partial charge on any atom is 0.254 e. The van der Waals surface area contributed by atoms with Gasteiger partial charge in [0.15, 0.2) is 0 Å². The van der Waals surface area contributed by atoms with E-state index in [4.69, 9.17) is 9.47 Å². The zero-order valence-corrected chi connectivity index (χ0v) is 12.6. The Kier molecular flexibility index (Phi) is 5.36. The summed E-state index contributed by atoms with van der Waals surface area (Å²) in [6.45, 7) is 0.394. The van der Waals surface area contributed by atoms with Gasteiger partial charge in [-0.05, 0) is 30.2 Å². The van der Waals surface area contributed by atoms with Crippen LogP contribution in [-0.4, -0.2) is 26.7 Å². The van der Waals surface area contributed by atoms with E-state index in [2.05, 4.69) is 5.32 Å². The van der Waals surface area contributed by atoms with Gasteiger partial charge in [-0.1, -0.05) is 18.2 Å². The predicted molar refractivity (Wildman–Crippen MR) is 82.0 cm³/mol. The van der Waals surface area contributed by atoms with E-state index in [1.807, 2.05) is 24.3 Å². The van der Waals surface area contributed by atoms with Gasteiger partial charge in [0.2, 0.25) is 0 Å². The summed E-state index contributed by atoms with van der Waals surface area (Å²) >= 11 is 0. The fourth-order valence-electron chi connectivity index (χ4n) is 2.12. The molecule has 0 radical (unpaired) electrons. The van der Waals surface area contributed by atoms with Gasteiger partial charge in [0.25, 0.3) is 5.91 Å². The minimum Gasteiger partial charge on any atom is -0.497 e. The summed E-state index contributed by atoms with van der Waals surface area (Å²) < 4.78 is 23.9. The van der Waals surface area contributed by atoms with E-state index in [1.54, 1.807) is 13.2 Å². The molecule has 0 heterocycles. The molecule has 0 atom stereocenters. The first kappa shape index (κ1) is 15.8. The van der Waals surface area contributed by atoms with E-state index in [0.29, 0.717) is 18.7 Å². The van der Waals surface area contributed by atoms with Crippen molar-refractivity contribution in [3.8, 4) is 11.5 Å². The average Bonchev–Trinajstić information content (AvgIpc) is 2.54. The van der Waals surface area contributed by atoms with Gasteiger partial charge in [-0.3, -0.25) is 4.79 Å². The summed E-state index contributed by atoms with van der Waals surface area (Å²) in [5.74, 6) is 0.0969. The number of amides is 1. The molecule has 1 N–H and O–H groups in total. The van der Waals surface area contributed by atoms with E-state index in [-0.39, 0.29) is 5.56 Å². The molecular weight excluding hydrogens is 285 g/mol. The molecule has 116 valence electrons. The van der Waals surface area contributed by atoms with Crippen molar-refractivity contribution >= 4 is 5.91 Å². The first-order chi connectivity index (χ1) is 10.7. The number of nitrogens with one attached hydrogen (secondary N) is 1. The maximum atomic E-state index is 13.8. The molecule has 0 spiro atoms. The Bertz CT molecular complexity index is 658. The number of carbonyl (C=O) groups is 1. The van der Waals surface area contributed by atoms with E-state index in [0.717, 1.165) is 11.3 Å². The van der Waals surface area contributed by atoms with E-state index < -0.39 is 11.7 Å². The van der Waals surface area contributed by atoms with Gasteiger partial charge >= 0.3 is 0 Å². The minimum atomic E-state index is -0.603. The second-order valence-electron chi connectivity index (χ2n) is 4.66. The van der Waals surface area contributed by atoms with Crippen LogP contribution in [0.5, 0.6) is 11.5 Å². The average molecular weight is 303 g/mol. The number of rotatable bonds is 6. The number of para-hydroxylation sites is 1. The highest BCUT2D eigenvalue weighted by Crippen LogP contribution is 2.18. The summed E-state index contributed by atoms with van der Waals surface area (Å²) in [5, 5.41) is 2.70. The van der Waals surface area contributed by atoms with Crippen molar-refractivity contribution in [1.29, 1.82) is 0 Å². The van der Waals surface area contributed by atoms with Gasteiger partial charge in [-0.2, -0.15) is 0 Å². The zero-order chi connectivity index (χ0) is 15.9. The summed E-state index contributed by atoms with van der Waals surface area (Å²) in [5.41, 5.74) is 0.987. The van der Waals surface area contributed by atoms with E-state index in [9.17, 15) is 9.18 Å². The topological polar surface area (TPSA) is 47.6 Å². The Hall–Kier alpha value is -2.56. The molecule has 0 saturated carbocycles. The molecule has 0 aliphatic carbocycles. The standard InChI is InChI=1S/C17H18FNO3/c1-21-13-7-8-14(15(18)11-13)17(20)19-10-9-12-5-3-4-6-16(12)22-2/h3-8,11H,9-10H2,1-2H3,(H,19,20). The Labute approximate surface area is 128 Å². The van der Waals surface area contributed by atoms with Crippen LogP contribution in [0, 0.1) is 5.82 Å². The highest BCUT2D eigenvalue weighted by atomic mass is 19.1. The van der Waals surface area contributed by atoms with E-state index in [1.165, 1.54) is 19.2 Å². The van der Waals surface area contributed by atoms with Crippen molar-refractivity contribution in [3.05, 3.63) is 59.4 Å². The first-order valence-electron chi connectivity index (χ1n) is 6.89. The Morgan fingerprint density at radius 2 is 1.91 bits per heavy atom. The molecule has 0 saturated heterocycles. The summed E-state index contributed by atoms with van der Waals surface area (Å²) in [4.78, 5) is 12.0. The van der Waals surface area contributed by atoms with Crippen LogP contribution >= 0.6 is 0 Å². The zero-order valence-electron chi connectivity index (χ0n) is 12.6. The lowest BCUT2D eigenvalue weighted by Gasteiger charge is -2.10. The van der Waals surface area contributed by atoms with Crippen LogP contribution in [0.15, 0.2) is 42.5 Å². The van der Waals surface area contributed by atoms with Gasteiger partial charge in [-0.25, -0.2) is 4.39 Å². The van der Waals surface area contributed by atoms with Crippen LogP contribution in [0.2, 0.25) is 0 Å². The number of methoxy groups -OCH3 is 2. The number of carbonyl (C=O) groups excluding carboxylic acids is 1. The fourth-order valence-corrected chi connectivity index (χ4v) is 2.12. The lowest BCUT2D eigenvalue weighted by Crippen LogP contribution is -2.26. The lowest BCUT2D eigenvalue weighted by molar-refractivity contribution is 0.0950. The number of halogens is 1. The Morgan fingerprint density at radius 1 is 1.14 bits per heavy atom. The van der Waals surface area contributed by atoms with E-state index >= 15 is 0 Å². The summed E-state index contributed by atoms with van der Waals surface area (Å²) in [6.07, 6.45) is 0.605. The molecule has 0 aliphatic rings. The number of hydrogen-bond acceptors (Lipinski definition) is 3. The highest BCUT2D eigenvalue weighted by molar-refractivity contribution is 5.94. The van der Waals surface area contributed by atoms with Crippen LogP contribution in [0.3, 0.4) is 0 Å². The molecule has 2 aromatic rings. The molecule has 0 bridgehead atoms. The molecule has 0 fully saturated rings. The molecule has 0 unspecified atom stereocenters. The molecule has 22 heavy (non-hydrogen) atoms. The maximum absolute atomic E-state index is 13.8. The van der Waals surface area contributed by atoms with Crippen LogP contribution in [0.4, 0.5) is 4.39 Å². The normalized spacial score (nSPS) is 10.1. The molecule has 2 aromatic carbocycles. The van der Waals surface area contributed by atoms with Gasteiger partial charge in [0, 0.05) is 12.6 Å². The number of ether oxygens (including phenoxy) is 2. The van der Waals surface area contributed by atoms with Gasteiger partial charge in [-0.15, -0.1) is 0 Å². The minimum absolute atomic E-state index is 0.000765. The lowest BCUT2D eigenvalue weighted by atomic mass is 10.1. The van der Waals surface area contributed by atoms with Crippen molar-refractivity contribution in [1.82, 2.24) is 5.32 Å². The van der Waals surface area contributed by atoms with Gasteiger partial charge < -0.3 is 14.8 Å². The quantitative estimate of drug-likeness (QED) is 0.892. The smallest absolute Gasteiger partial charge is 0.254 e. The van der Waals surface area contributed by atoms with Crippen LogP contribution in [-0.2, 0) is 6.42 Å². The third-order valence-corrected chi connectivity index (χ3v) is 3.29. The van der Waals surface area contributed by atoms with Gasteiger partial charge in [0.1, 0.15) is 17.3 Å². The second kappa shape index (κ2) is 7.45. The molecule has 4 nitrogen and oxygen atoms in total. The molecule has 2 rings (SSSR count). The van der Waals surface area contributed by atoms with Crippen LogP contribution in [0.1, 0.15) is 15.9 Å². The molecule has 0 aliphatic heterocycles. The monoisotopic (exact) mass is 303 g/mol. The third-order valence-electron chi connectivity index (χ3n) is 3.29. The second-order valence-corrected chi connectivity index (χ2v) is 4.66. The van der Waals surface area contributed by atoms with Crippen LogP contribution in [0.25, 0.3) is 0 Å². The summed E-state index contributed by atoms with van der Waals surface area (Å²) in [6, 6.07) is 11.7. The predicted octanol–water partition coefficient (Wildman–Crippen LogP) is 2.82. The van der Waals surface area contributed by atoms with Gasteiger partial charge in [0.05, 0.1) is 19.8 Å². The summed E-state index contributed by atoms with van der Waals surface area (Å²) in [7, 11) is 3.05. The SMILES string of the molecule is COc1ccc(C(=O)NCCc2ccccc2OC)c(F)c1. The van der Waals surface area contributed by atoms with Crippen molar-refractivity contribution in [2.24, 2.45) is 0 Å². The molecule has 1 amide bonds. The first-order valence-corrected chi connectivity index (χ1v) is 6.89. The molecular formula is C17H18FNO3. The largest absolute Gasteiger partial charge is 0.497 e. The number of benzene rings is 2.